The summed E-state index contributed by atoms with van der Waals surface area (Å²) in [6.45, 7) is 3.54. The molecule has 2 heterocycles. The number of rotatable bonds is 3. The van der Waals surface area contributed by atoms with Crippen molar-refractivity contribution in [2.75, 3.05) is 19.4 Å². The van der Waals surface area contributed by atoms with E-state index in [1.165, 1.54) is 4.90 Å². The van der Waals surface area contributed by atoms with Gasteiger partial charge in [0.25, 0.3) is 11.8 Å². The summed E-state index contributed by atoms with van der Waals surface area (Å²) in [7, 11) is 4.98. The first-order valence-electron chi connectivity index (χ1n) is 6.18. The van der Waals surface area contributed by atoms with Crippen molar-refractivity contribution >= 4 is 29.0 Å². The highest BCUT2D eigenvalue weighted by Crippen LogP contribution is 2.22. The molecule has 112 valence electrons. The molecule has 9 heteroatoms. The maximum atomic E-state index is 12.2. The Kier molecular flexibility index (Phi) is 4.03. The van der Waals surface area contributed by atoms with Crippen LogP contribution in [0.25, 0.3) is 0 Å². The van der Waals surface area contributed by atoms with Crippen molar-refractivity contribution in [1.29, 1.82) is 0 Å². The van der Waals surface area contributed by atoms with Gasteiger partial charge in [0.15, 0.2) is 11.4 Å². The van der Waals surface area contributed by atoms with E-state index in [1.807, 2.05) is 0 Å². The molecule has 2 rings (SSSR count). The molecule has 2 aromatic heterocycles. The quantitative estimate of drug-likeness (QED) is 0.907. The number of aryl methyl sites for hydroxylation is 2. The van der Waals surface area contributed by atoms with E-state index in [0.29, 0.717) is 11.4 Å². The summed E-state index contributed by atoms with van der Waals surface area (Å²) < 4.78 is 5.29. The highest BCUT2D eigenvalue weighted by molar-refractivity contribution is 7.05. The third-order valence-corrected chi connectivity index (χ3v) is 3.68. The zero-order chi connectivity index (χ0) is 15.7. The zero-order valence-corrected chi connectivity index (χ0v) is 13.3. The molecule has 2 amide bonds. The molecule has 0 aliphatic heterocycles. The molecule has 0 aliphatic carbocycles. The van der Waals surface area contributed by atoms with Gasteiger partial charge in [-0.1, -0.05) is 4.49 Å². The van der Waals surface area contributed by atoms with Crippen LogP contribution in [0.2, 0.25) is 0 Å². The molecular weight excluding hydrogens is 292 g/mol. The molecule has 0 unspecified atom stereocenters. The Morgan fingerprint density at radius 2 is 1.90 bits per heavy atom. The molecule has 0 fully saturated rings. The van der Waals surface area contributed by atoms with E-state index >= 15 is 0 Å². The zero-order valence-electron chi connectivity index (χ0n) is 12.5. The Balaban J connectivity index is 2.38. The number of nitrogens with zero attached hydrogens (tertiary/aromatic N) is 5. The first-order chi connectivity index (χ1) is 9.82. The second-order valence-electron chi connectivity index (χ2n) is 4.76. The molecule has 0 saturated carbocycles. The topological polar surface area (TPSA) is 93.0 Å². The third kappa shape index (κ3) is 2.77. The summed E-state index contributed by atoms with van der Waals surface area (Å²) in [5.74, 6) is -0.674. The van der Waals surface area contributed by atoms with Crippen LogP contribution in [-0.4, -0.2) is 50.2 Å². The van der Waals surface area contributed by atoms with Crippen molar-refractivity contribution in [1.82, 2.24) is 24.3 Å². The lowest BCUT2D eigenvalue weighted by atomic mass is 10.2. The van der Waals surface area contributed by atoms with Gasteiger partial charge < -0.3 is 10.2 Å². The van der Waals surface area contributed by atoms with Gasteiger partial charge in [0.05, 0.1) is 16.3 Å². The minimum absolute atomic E-state index is 0.203. The molecule has 0 aliphatic rings. The second kappa shape index (κ2) is 5.60. The lowest BCUT2D eigenvalue weighted by molar-refractivity contribution is 0.0822. The van der Waals surface area contributed by atoms with Gasteiger partial charge in [0.1, 0.15) is 0 Å². The Bertz CT molecular complexity index is 703. The van der Waals surface area contributed by atoms with Crippen molar-refractivity contribution in [2.45, 2.75) is 13.8 Å². The van der Waals surface area contributed by atoms with Crippen molar-refractivity contribution in [2.24, 2.45) is 7.05 Å². The van der Waals surface area contributed by atoms with E-state index in [1.54, 1.807) is 39.7 Å². The molecule has 1 N–H and O–H groups in total. The average molecular weight is 308 g/mol. The minimum Gasteiger partial charge on any atom is -0.343 e. The van der Waals surface area contributed by atoms with Crippen LogP contribution in [0.3, 0.4) is 0 Å². The smallest absolute Gasteiger partial charge is 0.277 e. The van der Waals surface area contributed by atoms with Crippen LogP contribution in [-0.2, 0) is 7.05 Å². The number of carbonyl (C=O) groups is 2. The van der Waals surface area contributed by atoms with Crippen molar-refractivity contribution in [3.63, 3.8) is 0 Å². The summed E-state index contributed by atoms with van der Waals surface area (Å²) >= 11 is 1.15. The average Bonchev–Trinajstić information content (AvgIpc) is 2.96. The number of aromatic nitrogens is 4. The van der Waals surface area contributed by atoms with Gasteiger partial charge in [-0.3, -0.25) is 14.3 Å². The second-order valence-corrected chi connectivity index (χ2v) is 5.72. The van der Waals surface area contributed by atoms with Gasteiger partial charge >= 0.3 is 0 Å². The SMILES string of the molecule is Cc1snnc1C(=O)Nc1c(C(=O)N(C)C)nn(C)c1C. The third-order valence-electron chi connectivity index (χ3n) is 3.05. The van der Waals surface area contributed by atoms with E-state index in [-0.39, 0.29) is 17.3 Å². The van der Waals surface area contributed by atoms with Crippen LogP contribution in [0.1, 0.15) is 31.5 Å². The van der Waals surface area contributed by atoms with Crippen LogP contribution >= 0.6 is 11.5 Å². The van der Waals surface area contributed by atoms with Crippen LogP contribution in [0.5, 0.6) is 0 Å². The van der Waals surface area contributed by atoms with Crippen LogP contribution in [0.15, 0.2) is 0 Å². The van der Waals surface area contributed by atoms with Gasteiger partial charge in [0, 0.05) is 21.1 Å². The van der Waals surface area contributed by atoms with Gasteiger partial charge in [-0.15, -0.1) is 5.10 Å². The normalized spacial score (nSPS) is 10.5. The van der Waals surface area contributed by atoms with Crippen molar-refractivity contribution in [3.05, 3.63) is 22.0 Å². The number of hydrogen-bond acceptors (Lipinski definition) is 6. The van der Waals surface area contributed by atoms with Gasteiger partial charge in [-0.05, 0) is 25.4 Å². The Morgan fingerprint density at radius 3 is 2.43 bits per heavy atom. The lowest BCUT2D eigenvalue weighted by Gasteiger charge is -2.10. The minimum atomic E-state index is -0.398. The summed E-state index contributed by atoms with van der Waals surface area (Å²) in [4.78, 5) is 26.5. The Labute approximate surface area is 125 Å². The molecule has 0 radical (unpaired) electrons. The molecule has 8 nitrogen and oxygen atoms in total. The molecule has 21 heavy (non-hydrogen) atoms. The number of anilines is 1. The van der Waals surface area contributed by atoms with Crippen LogP contribution in [0.4, 0.5) is 5.69 Å². The summed E-state index contributed by atoms with van der Waals surface area (Å²) in [5.41, 5.74) is 1.55. The Hall–Kier alpha value is -2.29. The fourth-order valence-corrected chi connectivity index (χ4v) is 2.20. The number of hydrogen-bond donors (Lipinski definition) is 1. The van der Waals surface area contributed by atoms with Gasteiger partial charge in [-0.2, -0.15) is 5.10 Å². The molecule has 2 aromatic rings. The maximum Gasteiger partial charge on any atom is 0.277 e. The standard InChI is InChI=1S/C12H16N6O2S/c1-6-8(10(15-18(6)5)12(20)17(3)4)13-11(19)9-7(2)21-16-14-9/h1-5H3,(H,13,19). The largest absolute Gasteiger partial charge is 0.343 e. The van der Waals surface area contributed by atoms with E-state index in [9.17, 15) is 9.59 Å². The highest BCUT2D eigenvalue weighted by Gasteiger charge is 2.24. The van der Waals surface area contributed by atoms with Crippen LogP contribution < -0.4 is 5.32 Å². The summed E-state index contributed by atoms with van der Waals surface area (Å²) in [6.07, 6.45) is 0. The molecule has 0 aromatic carbocycles. The van der Waals surface area contributed by atoms with Crippen molar-refractivity contribution < 1.29 is 9.59 Å². The molecule has 0 atom stereocenters. The number of amides is 2. The highest BCUT2D eigenvalue weighted by atomic mass is 32.1. The van der Waals surface area contributed by atoms with Crippen molar-refractivity contribution in [3.8, 4) is 0 Å². The number of carbonyl (C=O) groups excluding carboxylic acids is 2. The first-order valence-corrected chi connectivity index (χ1v) is 6.95. The molecule has 0 bridgehead atoms. The summed E-state index contributed by atoms with van der Waals surface area (Å²) in [5, 5.41) is 10.7. The Morgan fingerprint density at radius 1 is 1.24 bits per heavy atom. The van der Waals surface area contributed by atoms with Crippen LogP contribution in [0, 0.1) is 13.8 Å². The fourth-order valence-electron chi connectivity index (χ4n) is 1.73. The maximum absolute atomic E-state index is 12.2. The van der Waals surface area contributed by atoms with E-state index in [2.05, 4.69) is 20.0 Å². The van der Waals surface area contributed by atoms with E-state index < -0.39 is 5.91 Å². The van der Waals surface area contributed by atoms with Gasteiger partial charge in [-0.25, -0.2) is 0 Å². The predicted octanol–water partition coefficient (Wildman–Crippen LogP) is 0.843. The number of nitrogens with one attached hydrogen (secondary N) is 1. The van der Waals surface area contributed by atoms with E-state index in [4.69, 9.17) is 0 Å². The first kappa shape index (κ1) is 15.1. The molecule has 0 saturated heterocycles. The van der Waals surface area contributed by atoms with E-state index in [0.717, 1.165) is 16.4 Å². The molecule has 0 spiro atoms. The monoisotopic (exact) mass is 308 g/mol. The summed E-state index contributed by atoms with van der Waals surface area (Å²) in [6, 6.07) is 0. The lowest BCUT2D eigenvalue weighted by Crippen LogP contribution is -2.24. The van der Waals surface area contributed by atoms with Gasteiger partial charge in [0.2, 0.25) is 0 Å². The molecular formula is C12H16N6O2S. The fraction of sp³-hybridized carbons (Fsp3) is 0.417. The predicted molar refractivity (Wildman–Crippen MR) is 78.6 cm³/mol.